The lowest BCUT2D eigenvalue weighted by Gasteiger charge is -2.27. The number of nitrogens with one attached hydrogen (secondary N) is 1. The number of nitrogens with zero attached hydrogens (tertiary/aromatic N) is 2. The zero-order valence-electron chi connectivity index (χ0n) is 37.1. The van der Waals surface area contributed by atoms with Crippen molar-refractivity contribution < 1.29 is 0 Å². The van der Waals surface area contributed by atoms with Crippen LogP contribution in [0.4, 0.5) is 28.4 Å². The maximum absolute atomic E-state index is 3.97. The van der Waals surface area contributed by atoms with Gasteiger partial charge in [0.15, 0.2) is 0 Å². The van der Waals surface area contributed by atoms with Crippen LogP contribution in [0.3, 0.4) is 0 Å². The molecule has 0 atom stereocenters. The van der Waals surface area contributed by atoms with E-state index in [0.29, 0.717) is 0 Å². The van der Waals surface area contributed by atoms with Crippen molar-refractivity contribution in [2.75, 3.05) is 10.2 Å². The van der Waals surface area contributed by atoms with E-state index in [4.69, 9.17) is 0 Å². The third-order valence-electron chi connectivity index (χ3n) is 13.3. The van der Waals surface area contributed by atoms with E-state index < -0.39 is 0 Å². The molecule has 12 rings (SSSR count). The van der Waals surface area contributed by atoms with Gasteiger partial charge in [0.25, 0.3) is 0 Å². The highest BCUT2D eigenvalue weighted by atomic mass is 32.1. The van der Waals surface area contributed by atoms with Gasteiger partial charge in [-0.25, -0.2) is 0 Å². The molecule has 0 radical (unpaired) electrons. The summed E-state index contributed by atoms with van der Waals surface area (Å²) < 4.78 is 8.08. The second-order valence-electron chi connectivity index (χ2n) is 19.5. The van der Waals surface area contributed by atoms with Crippen LogP contribution in [0, 0.1) is 0 Å². The fourth-order valence-corrected chi connectivity index (χ4v) is 12.3. The number of hydrogen-bond acceptors (Lipinski definition) is 4. The lowest BCUT2D eigenvalue weighted by atomic mass is 9.63. The molecule has 0 bridgehead atoms. The highest BCUT2D eigenvalue weighted by Gasteiger charge is 2.31. The van der Waals surface area contributed by atoms with Gasteiger partial charge < -0.3 is 14.8 Å². The molecule has 0 saturated heterocycles. The Bertz CT molecular complexity index is 3580. The number of para-hydroxylation sites is 2. The van der Waals surface area contributed by atoms with Crippen molar-refractivity contribution in [1.29, 1.82) is 0 Å². The average molecular weight is 862 g/mol. The summed E-state index contributed by atoms with van der Waals surface area (Å²) in [6, 6.07) is 63.3. The second kappa shape index (κ2) is 14.5. The average Bonchev–Trinajstić information content (AvgIpc) is 3.95. The van der Waals surface area contributed by atoms with E-state index in [1.165, 1.54) is 90.2 Å². The molecule has 0 saturated carbocycles. The van der Waals surface area contributed by atoms with Crippen LogP contribution in [0.15, 0.2) is 170 Å². The molecule has 0 spiro atoms. The van der Waals surface area contributed by atoms with Gasteiger partial charge in [-0.1, -0.05) is 133 Å². The second-order valence-corrected chi connectivity index (χ2v) is 21.7. The maximum atomic E-state index is 3.97. The van der Waals surface area contributed by atoms with E-state index in [-0.39, 0.29) is 10.8 Å². The minimum Gasteiger partial charge on any atom is -0.355 e. The van der Waals surface area contributed by atoms with Crippen LogP contribution in [0.25, 0.3) is 68.9 Å². The predicted molar refractivity (Wildman–Crippen MR) is 283 cm³/mol. The van der Waals surface area contributed by atoms with E-state index in [1.807, 2.05) is 22.7 Å². The standard InChI is InChI=1S/C58H48BN3S2/c1-57(2,3)35-21-24-37(25-22-35)60-48-32-40(61(38-15-9-7-10-16-38)39-17-11-8-12-18-39)26-27-41(48)43-28-29-44-45-34-52-46(42-19-13-14-20-50(42)63-52)33-49(45)62-54(44)53(43)59-56-55(62)47-31-36(58(4,5)6)23-30-51(47)64-56/h7-34,59-60H,1-6H3. The number of anilines is 5. The normalized spacial score (nSPS) is 12.7. The van der Waals surface area contributed by atoms with Crippen LogP contribution in [0.5, 0.6) is 0 Å². The van der Waals surface area contributed by atoms with Crippen molar-refractivity contribution in [3.8, 4) is 16.8 Å². The molecule has 8 aromatic carbocycles. The summed E-state index contributed by atoms with van der Waals surface area (Å²) in [6.45, 7) is 13.8. The van der Waals surface area contributed by atoms with Crippen molar-refractivity contribution in [2.45, 2.75) is 52.4 Å². The zero-order valence-corrected chi connectivity index (χ0v) is 38.7. The van der Waals surface area contributed by atoms with E-state index in [9.17, 15) is 0 Å². The largest absolute Gasteiger partial charge is 0.355 e. The van der Waals surface area contributed by atoms with Crippen LogP contribution >= 0.6 is 22.7 Å². The van der Waals surface area contributed by atoms with Gasteiger partial charge in [0.1, 0.15) is 0 Å². The fraction of sp³-hybridized carbons (Fsp3) is 0.138. The molecule has 0 amide bonds. The SMILES string of the molecule is CC(C)(C)c1ccc(Nc2cc(N(c3ccccc3)c3ccccc3)ccc2-c2ccc3c4cc5sc6ccccc6c5cc4n4c3c2Bc2sc3ccc(C(C)(C)C)cc3c2-4)cc1. The summed E-state index contributed by atoms with van der Waals surface area (Å²) in [5, 5.41) is 10.6. The van der Waals surface area contributed by atoms with Gasteiger partial charge in [0.2, 0.25) is 7.28 Å². The number of rotatable bonds is 6. The lowest BCUT2D eigenvalue weighted by Crippen LogP contribution is -2.35. The van der Waals surface area contributed by atoms with E-state index in [1.54, 1.807) is 0 Å². The quantitative estimate of drug-likeness (QED) is 0.168. The van der Waals surface area contributed by atoms with E-state index in [2.05, 4.69) is 226 Å². The van der Waals surface area contributed by atoms with Gasteiger partial charge in [0, 0.05) is 80.5 Å². The molecule has 4 heterocycles. The minimum atomic E-state index is 0.0395. The molecule has 0 aliphatic carbocycles. The van der Waals surface area contributed by atoms with Crippen molar-refractivity contribution >= 4 is 121 Å². The van der Waals surface area contributed by atoms with Crippen molar-refractivity contribution in [3.63, 3.8) is 0 Å². The van der Waals surface area contributed by atoms with E-state index in [0.717, 1.165) is 35.7 Å². The van der Waals surface area contributed by atoms with Gasteiger partial charge >= 0.3 is 0 Å². The van der Waals surface area contributed by atoms with Gasteiger partial charge in [0.05, 0.1) is 11.2 Å². The first-order chi connectivity index (χ1) is 31.0. The first-order valence-electron chi connectivity index (χ1n) is 22.4. The van der Waals surface area contributed by atoms with Crippen molar-refractivity contribution in [3.05, 3.63) is 181 Å². The van der Waals surface area contributed by atoms with Crippen LogP contribution in [0.1, 0.15) is 52.7 Å². The van der Waals surface area contributed by atoms with Gasteiger partial charge in [-0.15, -0.1) is 22.7 Å². The van der Waals surface area contributed by atoms with Gasteiger partial charge in [-0.05, 0) is 117 Å². The van der Waals surface area contributed by atoms with Gasteiger partial charge in [-0.3, -0.25) is 0 Å². The monoisotopic (exact) mass is 861 g/mol. The number of hydrogen-bond donors (Lipinski definition) is 1. The number of benzene rings is 8. The summed E-state index contributed by atoms with van der Waals surface area (Å²) in [5.74, 6) is 0. The summed E-state index contributed by atoms with van der Waals surface area (Å²) in [5.41, 5.74) is 16.0. The Hall–Kier alpha value is -6.60. The number of fused-ring (bicyclic) bond motifs is 10. The van der Waals surface area contributed by atoms with Gasteiger partial charge in [-0.2, -0.15) is 0 Å². The number of aromatic nitrogens is 1. The van der Waals surface area contributed by atoms with Crippen molar-refractivity contribution in [2.24, 2.45) is 0 Å². The lowest BCUT2D eigenvalue weighted by molar-refractivity contribution is 0.590. The molecular formula is C58H48BN3S2. The summed E-state index contributed by atoms with van der Waals surface area (Å²) in [7, 11) is 0.863. The molecule has 3 aromatic heterocycles. The summed E-state index contributed by atoms with van der Waals surface area (Å²) in [6.07, 6.45) is 0. The molecule has 1 aliphatic rings. The Labute approximate surface area is 383 Å². The zero-order chi connectivity index (χ0) is 43.5. The predicted octanol–water partition coefficient (Wildman–Crippen LogP) is 15.5. The Morgan fingerprint density at radius 3 is 1.86 bits per heavy atom. The first-order valence-corrected chi connectivity index (χ1v) is 24.0. The van der Waals surface area contributed by atoms with Crippen LogP contribution in [-0.2, 0) is 10.8 Å². The molecule has 310 valence electrons. The Morgan fingerprint density at radius 2 is 1.14 bits per heavy atom. The molecule has 64 heavy (non-hydrogen) atoms. The minimum absolute atomic E-state index is 0.0395. The van der Waals surface area contributed by atoms with Crippen LogP contribution in [-0.4, -0.2) is 11.8 Å². The fourth-order valence-electron chi connectivity index (χ4n) is 10.0. The molecule has 3 nitrogen and oxygen atoms in total. The molecular weight excluding hydrogens is 814 g/mol. The highest BCUT2D eigenvalue weighted by molar-refractivity contribution is 7.29. The Morgan fingerprint density at radius 1 is 0.484 bits per heavy atom. The Kier molecular flexibility index (Phi) is 8.82. The first kappa shape index (κ1) is 39.0. The molecule has 0 unspecified atom stereocenters. The summed E-state index contributed by atoms with van der Waals surface area (Å²) >= 11 is 3.86. The molecule has 0 fully saturated rings. The van der Waals surface area contributed by atoms with Crippen molar-refractivity contribution in [1.82, 2.24) is 4.57 Å². The van der Waals surface area contributed by atoms with E-state index >= 15 is 0 Å². The number of thiophene rings is 2. The Balaban J connectivity index is 1.12. The molecule has 11 aromatic rings. The van der Waals surface area contributed by atoms with Crippen LogP contribution in [0.2, 0.25) is 0 Å². The molecule has 1 aliphatic heterocycles. The summed E-state index contributed by atoms with van der Waals surface area (Å²) in [4.78, 5) is 2.35. The smallest absolute Gasteiger partial charge is 0.211 e. The third kappa shape index (κ3) is 6.29. The topological polar surface area (TPSA) is 20.2 Å². The molecule has 6 heteroatoms. The van der Waals surface area contributed by atoms with Crippen LogP contribution < -0.4 is 20.5 Å². The maximum Gasteiger partial charge on any atom is 0.211 e. The molecule has 1 N–H and O–H groups in total. The highest BCUT2D eigenvalue weighted by Crippen LogP contribution is 2.46. The third-order valence-corrected chi connectivity index (χ3v) is 15.6.